The Balaban J connectivity index is 1.96. The van der Waals surface area contributed by atoms with Gasteiger partial charge in [-0.3, -0.25) is 15.0 Å². The lowest BCUT2D eigenvalue weighted by molar-refractivity contribution is -0.158. The molecule has 0 aromatic carbocycles. The molecule has 3 rings (SSSR count). The average molecular weight is 356 g/mol. The molecule has 1 saturated carbocycles. The van der Waals surface area contributed by atoms with Crippen LogP contribution in [0.1, 0.15) is 39.4 Å². The second-order valence-electron chi connectivity index (χ2n) is 5.88. The second kappa shape index (κ2) is 5.99. The normalized spacial score (nSPS) is 15.9. The van der Waals surface area contributed by atoms with Gasteiger partial charge in [0.2, 0.25) is 0 Å². The monoisotopic (exact) mass is 356 g/mol. The fourth-order valence-electron chi connectivity index (χ4n) is 2.58. The SMILES string of the molecule is Cc1cc(C(=O)NN)nc2c(C(=O)N[C@@H](C3CC3)C(F)(F)F)cnn12. The number of rotatable bonds is 4. The number of alkyl halides is 3. The Morgan fingerprint density at radius 3 is 2.60 bits per heavy atom. The van der Waals surface area contributed by atoms with Gasteiger partial charge >= 0.3 is 6.18 Å². The van der Waals surface area contributed by atoms with Crippen LogP contribution in [0.2, 0.25) is 0 Å². The minimum atomic E-state index is -4.53. The van der Waals surface area contributed by atoms with Gasteiger partial charge in [-0.15, -0.1) is 0 Å². The Kier molecular flexibility index (Phi) is 4.11. The number of hydrazine groups is 1. The highest BCUT2D eigenvalue weighted by Crippen LogP contribution is 2.40. The van der Waals surface area contributed by atoms with Gasteiger partial charge in [0.1, 0.15) is 17.3 Å². The molecule has 0 saturated heterocycles. The molecular formula is C14H15F3N6O2. The van der Waals surface area contributed by atoms with Crippen LogP contribution >= 0.6 is 0 Å². The third-order valence-electron chi connectivity index (χ3n) is 3.99. The van der Waals surface area contributed by atoms with Gasteiger partial charge < -0.3 is 5.32 Å². The molecule has 11 heteroatoms. The van der Waals surface area contributed by atoms with E-state index < -0.39 is 30.0 Å². The largest absolute Gasteiger partial charge is 0.408 e. The minimum absolute atomic E-state index is 0.0205. The number of amides is 2. The van der Waals surface area contributed by atoms with Crippen LogP contribution in [0.5, 0.6) is 0 Å². The van der Waals surface area contributed by atoms with E-state index in [2.05, 4.69) is 10.1 Å². The third kappa shape index (κ3) is 3.27. The van der Waals surface area contributed by atoms with Crippen LogP contribution in [0.4, 0.5) is 13.2 Å². The summed E-state index contributed by atoms with van der Waals surface area (Å²) < 4.78 is 40.5. The van der Waals surface area contributed by atoms with Crippen molar-refractivity contribution in [3.8, 4) is 0 Å². The van der Waals surface area contributed by atoms with Crippen LogP contribution in [0.3, 0.4) is 0 Å². The molecule has 1 atom stereocenters. The fourth-order valence-corrected chi connectivity index (χ4v) is 2.58. The number of hydrogen-bond donors (Lipinski definition) is 3. The number of aryl methyl sites for hydroxylation is 1. The number of nitrogens with zero attached hydrogens (tertiary/aromatic N) is 3. The highest BCUT2D eigenvalue weighted by Gasteiger charge is 2.49. The van der Waals surface area contributed by atoms with Crippen molar-refractivity contribution in [3.63, 3.8) is 0 Å². The molecule has 2 aromatic heterocycles. The fraction of sp³-hybridized carbons (Fsp3) is 0.429. The number of fused-ring (bicyclic) bond motifs is 1. The summed E-state index contributed by atoms with van der Waals surface area (Å²) in [4.78, 5) is 28.0. The van der Waals surface area contributed by atoms with Crippen LogP contribution in [0.15, 0.2) is 12.3 Å². The van der Waals surface area contributed by atoms with Crippen molar-refractivity contribution in [2.45, 2.75) is 32.0 Å². The summed E-state index contributed by atoms with van der Waals surface area (Å²) >= 11 is 0. The Labute approximate surface area is 139 Å². The summed E-state index contributed by atoms with van der Waals surface area (Å²) in [5.74, 6) is 2.81. The highest BCUT2D eigenvalue weighted by molar-refractivity contribution is 6.00. The smallest absolute Gasteiger partial charge is 0.340 e. The van der Waals surface area contributed by atoms with Gasteiger partial charge in [-0.05, 0) is 31.7 Å². The number of aromatic nitrogens is 3. The quantitative estimate of drug-likeness (QED) is 0.424. The van der Waals surface area contributed by atoms with E-state index >= 15 is 0 Å². The van der Waals surface area contributed by atoms with Gasteiger partial charge in [0.05, 0.1) is 6.20 Å². The molecule has 1 fully saturated rings. The van der Waals surface area contributed by atoms with Crippen LogP contribution in [0.25, 0.3) is 5.65 Å². The van der Waals surface area contributed by atoms with Crippen molar-refractivity contribution in [1.82, 2.24) is 25.3 Å². The lowest BCUT2D eigenvalue weighted by atomic mass is 10.1. The number of carbonyl (C=O) groups excluding carboxylic acids is 2. The maximum absolute atomic E-state index is 13.1. The van der Waals surface area contributed by atoms with Crippen molar-refractivity contribution in [2.24, 2.45) is 11.8 Å². The van der Waals surface area contributed by atoms with Gasteiger partial charge in [0.15, 0.2) is 5.65 Å². The summed E-state index contributed by atoms with van der Waals surface area (Å²) in [7, 11) is 0. The van der Waals surface area contributed by atoms with E-state index in [1.165, 1.54) is 10.6 Å². The van der Waals surface area contributed by atoms with E-state index in [1.54, 1.807) is 6.92 Å². The Morgan fingerprint density at radius 1 is 1.36 bits per heavy atom. The lowest BCUT2D eigenvalue weighted by Gasteiger charge is -2.20. The average Bonchev–Trinajstić information content (AvgIpc) is 3.28. The molecule has 0 bridgehead atoms. The van der Waals surface area contributed by atoms with Gasteiger partial charge in [0.25, 0.3) is 11.8 Å². The van der Waals surface area contributed by atoms with Crippen LogP contribution in [0, 0.1) is 12.8 Å². The van der Waals surface area contributed by atoms with Crippen molar-refractivity contribution in [1.29, 1.82) is 0 Å². The van der Waals surface area contributed by atoms with E-state index in [-0.39, 0.29) is 16.9 Å². The lowest BCUT2D eigenvalue weighted by Crippen LogP contribution is -2.46. The van der Waals surface area contributed by atoms with Crippen LogP contribution < -0.4 is 16.6 Å². The number of nitrogen functional groups attached to an aromatic ring is 1. The zero-order valence-electron chi connectivity index (χ0n) is 13.1. The molecule has 8 nitrogen and oxygen atoms in total. The molecule has 0 spiro atoms. The molecule has 0 aliphatic heterocycles. The first kappa shape index (κ1) is 17.1. The molecule has 2 amide bonds. The summed E-state index contributed by atoms with van der Waals surface area (Å²) in [6.07, 6.45) is -2.59. The predicted octanol–water partition coefficient (Wildman–Crippen LogP) is 0.712. The summed E-state index contributed by atoms with van der Waals surface area (Å²) in [6, 6.07) is -0.515. The molecule has 4 N–H and O–H groups in total. The molecular weight excluding hydrogens is 341 g/mol. The number of carbonyl (C=O) groups is 2. The van der Waals surface area contributed by atoms with Crippen LogP contribution in [-0.2, 0) is 0 Å². The van der Waals surface area contributed by atoms with E-state index in [0.29, 0.717) is 18.5 Å². The van der Waals surface area contributed by atoms with Crippen molar-refractivity contribution in [2.75, 3.05) is 0 Å². The zero-order chi connectivity index (χ0) is 18.4. The van der Waals surface area contributed by atoms with Gasteiger partial charge in [-0.25, -0.2) is 15.3 Å². The molecule has 1 aliphatic carbocycles. The standard InChI is InChI=1S/C14H15F3N6O2/c1-6-4-9(13(25)22-18)20-11-8(5-19-23(6)11)12(24)21-10(7-2-3-7)14(15,16)17/h4-5,7,10H,2-3,18H2,1H3,(H,21,24)(H,22,25)/t10-/m0/s1. The Bertz CT molecular complexity index is 843. The van der Waals surface area contributed by atoms with E-state index in [9.17, 15) is 22.8 Å². The molecule has 2 aromatic rings. The number of hydrogen-bond acceptors (Lipinski definition) is 5. The van der Waals surface area contributed by atoms with Crippen molar-refractivity contribution in [3.05, 3.63) is 29.2 Å². The summed E-state index contributed by atoms with van der Waals surface area (Å²) in [5.41, 5.74) is 2.14. The molecule has 1 aliphatic rings. The van der Waals surface area contributed by atoms with Gasteiger partial charge in [0, 0.05) is 5.69 Å². The first-order valence-electron chi connectivity index (χ1n) is 7.46. The molecule has 134 valence electrons. The molecule has 25 heavy (non-hydrogen) atoms. The predicted molar refractivity (Wildman–Crippen MR) is 79.4 cm³/mol. The second-order valence-corrected chi connectivity index (χ2v) is 5.88. The summed E-state index contributed by atoms with van der Waals surface area (Å²) in [5, 5.41) is 5.96. The number of nitrogens with two attached hydrogens (primary N) is 1. The maximum atomic E-state index is 13.1. The van der Waals surface area contributed by atoms with E-state index in [1.807, 2.05) is 10.7 Å². The maximum Gasteiger partial charge on any atom is 0.408 e. The topological polar surface area (TPSA) is 114 Å². The zero-order valence-corrected chi connectivity index (χ0v) is 13.1. The van der Waals surface area contributed by atoms with E-state index in [0.717, 1.165) is 6.20 Å². The minimum Gasteiger partial charge on any atom is -0.340 e. The first-order valence-corrected chi connectivity index (χ1v) is 7.46. The third-order valence-corrected chi connectivity index (χ3v) is 3.99. The first-order chi connectivity index (χ1) is 11.7. The number of halogens is 3. The molecule has 0 radical (unpaired) electrons. The summed E-state index contributed by atoms with van der Waals surface area (Å²) in [6.45, 7) is 1.61. The van der Waals surface area contributed by atoms with Crippen LogP contribution in [-0.4, -0.2) is 38.6 Å². The molecule has 2 heterocycles. The van der Waals surface area contributed by atoms with Gasteiger partial charge in [-0.1, -0.05) is 0 Å². The highest BCUT2D eigenvalue weighted by atomic mass is 19.4. The van der Waals surface area contributed by atoms with Gasteiger partial charge in [-0.2, -0.15) is 18.3 Å². The van der Waals surface area contributed by atoms with Crippen molar-refractivity contribution >= 4 is 17.5 Å². The Morgan fingerprint density at radius 2 is 2.04 bits per heavy atom. The molecule has 0 unspecified atom stereocenters. The van der Waals surface area contributed by atoms with Crippen molar-refractivity contribution < 1.29 is 22.8 Å². The Hall–Kier alpha value is -2.69. The van der Waals surface area contributed by atoms with E-state index in [4.69, 9.17) is 5.84 Å². The number of nitrogens with one attached hydrogen (secondary N) is 2.